The van der Waals surface area contributed by atoms with Crippen LogP contribution in [0.2, 0.25) is 0 Å². The third kappa shape index (κ3) is 8.85. The van der Waals surface area contributed by atoms with Crippen molar-refractivity contribution in [3.05, 3.63) is 387 Å². The summed E-state index contributed by atoms with van der Waals surface area (Å²) in [6.07, 6.45) is 0. The lowest BCUT2D eigenvalue weighted by molar-refractivity contribution is 0.662. The minimum Gasteiger partial charge on any atom is -0.355 e. The summed E-state index contributed by atoms with van der Waals surface area (Å²) in [5, 5.41) is 20.6. The van der Waals surface area contributed by atoms with Crippen LogP contribution in [0.3, 0.4) is 0 Å². The van der Waals surface area contributed by atoms with Gasteiger partial charge in [-0.15, -0.1) is 0 Å². The van der Waals surface area contributed by atoms with Gasteiger partial charge in [-0.1, -0.05) is 359 Å². The van der Waals surface area contributed by atoms with E-state index in [0.717, 1.165) is 5.69 Å². The van der Waals surface area contributed by atoms with E-state index in [-0.39, 0.29) is 5.41 Å². The molecule has 2 aromatic heterocycles. The van der Waals surface area contributed by atoms with Crippen molar-refractivity contribution in [2.45, 2.75) is 48.6 Å². The van der Waals surface area contributed by atoms with Crippen LogP contribution >= 0.6 is 35.3 Å². The summed E-state index contributed by atoms with van der Waals surface area (Å²) in [5.41, 5.74) is 16.3. The molecule has 2 unspecified atom stereocenters. The summed E-state index contributed by atoms with van der Waals surface area (Å²) in [6, 6.07) is 146. The van der Waals surface area contributed by atoms with Gasteiger partial charge in [0.2, 0.25) is 0 Å². The molecule has 0 saturated carbocycles. The Kier molecular flexibility index (Phi) is 14.3. The molecule has 0 bridgehead atoms. The predicted octanol–water partition coefficient (Wildman–Crippen LogP) is 18.2. The molecule has 2 atom stereocenters. The molecule has 0 radical (unpaired) electrons. The number of nitrogens with zero attached hydrogens (tertiary/aromatic N) is 2. The highest BCUT2D eigenvalue weighted by Gasteiger charge is 2.53. The van der Waals surface area contributed by atoms with Crippen LogP contribution in [-0.2, 0) is 5.41 Å². The zero-order valence-electron chi connectivity index (χ0n) is 58.9. The van der Waals surface area contributed by atoms with Crippen LogP contribution in [-0.4, -0.2) is 33.2 Å². The third-order valence-corrected chi connectivity index (χ3v) is 43.2. The van der Waals surface area contributed by atoms with Crippen LogP contribution in [0.15, 0.2) is 405 Å². The maximum absolute atomic E-state index is 3.38. The SMILES string of the molecule is CC1(C)c2cc([Si]3(c4ccccc4)c4ccccc4Sc4ccccc43)ccc2-c2cccc(-c3cccc4c3Sc3ccccc3[Si]4(c3ccccc3)n3c4ccccc4c4cc(-c5cccc6c5Sc5ccccc5[Si]6(c5ccccc5)c5ccc6c(c5)c5ccccc5n6-c5ccccc5)ccc43)c21. The van der Waals surface area contributed by atoms with Crippen molar-refractivity contribution in [1.29, 1.82) is 0 Å². The zero-order chi connectivity index (χ0) is 70.7. The fraction of sp³-hybridized carbons (Fsp3) is 0.0303. The van der Waals surface area contributed by atoms with Crippen molar-refractivity contribution in [3.63, 3.8) is 0 Å². The van der Waals surface area contributed by atoms with Gasteiger partial charge in [0.05, 0.1) is 11.0 Å². The minimum atomic E-state index is -3.38. The molecule has 0 fully saturated rings. The number of fused-ring (bicyclic) bond motifs is 15. The topological polar surface area (TPSA) is 9.86 Å². The normalized spacial score (nSPS) is 16.8. The van der Waals surface area contributed by atoms with E-state index in [9.17, 15) is 0 Å². The van der Waals surface area contributed by atoms with Gasteiger partial charge in [0.1, 0.15) is 0 Å². The molecule has 22 rings (SSSR count). The van der Waals surface area contributed by atoms with E-state index in [2.05, 4.69) is 399 Å². The molecular formula is C99H68N2S3Si3. The van der Waals surface area contributed by atoms with E-state index in [1.54, 1.807) is 0 Å². The largest absolute Gasteiger partial charge is 0.355 e. The first kappa shape index (κ1) is 63.1. The number of aromatic nitrogens is 2. The molecule has 5 heterocycles. The Morgan fingerprint density at radius 3 is 1.34 bits per heavy atom. The van der Waals surface area contributed by atoms with Gasteiger partial charge in [0.15, 0.2) is 16.1 Å². The first-order chi connectivity index (χ1) is 52.8. The summed E-state index contributed by atoms with van der Waals surface area (Å²) in [6.45, 7) is 5.01. The fourth-order valence-corrected chi connectivity index (χ4v) is 41.1. The molecular weight excluding hydrogens is 1400 g/mol. The maximum atomic E-state index is 2.88. The highest BCUT2D eigenvalue weighted by molar-refractivity contribution is 8.01. The average molecular weight is 1470 g/mol. The molecule has 0 amide bonds. The second-order valence-corrected chi connectivity index (χ2v) is 43.8. The van der Waals surface area contributed by atoms with Crippen molar-refractivity contribution >= 4 is 160 Å². The Balaban J connectivity index is 0.733. The number of para-hydroxylation sites is 3. The van der Waals surface area contributed by atoms with Gasteiger partial charge in [0, 0.05) is 73.1 Å². The molecule has 0 saturated heterocycles. The Morgan fingerprint density at radius 2 is 0.682 bits per heavy atom. The first-order valence-corrected chi connectivity index (χ1v) is 45.5. The van der Waals surface area contributed by atoms with Crippen LogP contribution in [0.4, 0.5) is 0 Å². The average Bonchev–Trinajstić information content (AvgIpc) is 1.67. The highest BCUT2D eigenvalue weighted by atomic mass is 32.2. The molecule has 0 N–H and O–H groups in total. The number of hydrogen-bond acceptors (Lipinski definition) is 3. The quantitative estimate of drug-likeness (QED) is 0.133. The van der Waals surface area contributed by atoms with Crippen molar-refractivity contribution in [2.24, 2.45) is 0 Å². The summed E-state index contributed by atoms with van der Waals surface area (Å²) >= 11 is 5.86. The van der Waals surface area contributed by atoms with E-state index in [4.69, 9.17) is 0 Å². The molecule has 8 heteroatoms. The summed E-state index contributed by atoms with van der Waals surface area (Å²) in [4.78, 5) is 8.04. The van der Waals surface area contributed by atoms with E-state index >= 15 is 0 Å². The van der Waals surface area contributed by atoms with E-state index in [0.29, 0.717) is 0 Å². The molecule has 107 heavy (non-hydrogen) atoms. The van der Waals surface area contributed by atoms with Crippen LogP contribution < -0.4 is 57.1 Å². The Bertz CT molecular complexity index is 6680. The smallest absolute Gasteiger partial charge is 0.259 e. The zero-order valence-corrected chi connectivity index (χ0v) is 64.4. The van der Waals surface area contributed by atoms with Crippen molar-refractivity contribution in [3.8, 4) is 39.1 Å². The van der Waals surface area contributed by atoms with Gasteiger partial charge in [-0.25, -0.2) is 0 Å². The standard InChI is InChI=1S/C99H68N2S3Si3/c1-99(2)81-64-71(105(67-32-9-4-10-33-67)90-50-23-19-46-86(90)102-87-47-20-24-51-91(87)105)57-59-73(81)76-41-27-42-77(96(76)99)78-43-29-55-95-98(78)104-89-49-22-26-53-93(89)107(95,69-36-13-6-14-37-69)101-84-45-18-16-39-75(84)79-62-65(56-60-85(79)101)72-40-28-54-94-97(72)103-88-48-21-25-52-92(88)106(94,68-34-11-5-12-35-68)70-58-61-83-80(63-70)74-38-15-17-44-82(74)100(83)66-30-7-3-8-31-66/h3-64H,1-2H3. The van der Waals surface area contributed by atoms with E-state index in [1.165, 1.54) is 175 Å². The van der Waals surface area contributed by atoms with Gasteiger partial charge in [-0.3, -0.25) is 0 Å². The molecule has 4 aliphatic rings. The Morgan fingerprint density at radius 1 is 0.262 bits per heavy atom. The van der Waals surface area contributed by atoms with Gasteiger partial charge in [0.25, 0.3) is 8.24 Å². The Labute approximate surface area is 638 Å². The number of hydrogen-bond donors (Lipinski definition) is 0. The monoisotopic (exact) mass is 1460 g/mol. The van der Waals surface area contributed by atoms with Crippen LogP contribution in [0, 0.1) is 0 Å². The Hall–Kier alpha value is -11.2. The molecule has 16 aromatic carbocycles. The third-order valence-electron chi connectivity index (χ3n) is 24.1. The van der Waals surface area contributed by atoms with Crippen molar-refractivity contribution < 1.29 is 0 Å². The molecule has 3 aliphatic heterocycles. The molecule has 18 aromatic rings. The van der Waals surface area contributed by atoms with Gasteiger partial charge in [-0.05, 0) is 168 Å². The summed E-state index contributed by atoms with van der Waals surface area (Å²) < 4.78 is 5.33. The summed E-state index contributed by atoms with van der Waals surface area (Å²) in [7, 11) is -9.30. The first-order valence-electron chi connectivity index (χ1n) is 37.1. The lowest BCUT2D eigenvalue weighted by Crippen LogP contribution is -2.76. The van der Waals surface area contributed by atoms with E-state index in [1.807, 2.05) is 35.3 Å². The molecule has 2 nitrogen and oxygen atoms in total. The fourth-order valence-electron chi connectivity index (χ4n) is 19.8. The number of benzene rings is 16. The highest BCUT2D eigenvalue weighted by Crippen LogP contribution is 2.54. The van der Waals surface area contributed by atoms with E-state index < -0.39 is 24.4 Å². The minimum absolute atomic E-state index is 0.352. The second kappa shape index (κ2) is 24.2. The van der Waals surface area contributed by atoms with Gasteiger partial charge >= 0.3 is 0 Å². The molecule has 0 spiro atoms. The predicted molar refractivity (Wildman–Crippen MR) is 461 cm³/mol. The van der Waals surface area contributed by atoms with Crippen molar-refractivity contribution in [1.82, 2.24) is 8.80 Å². The lowest BCUT2D eigenvalue weighted by Gasteiger charge is -2.42. The van der Waals surface area contributed by atoms with Crippen molar-refractivity contribution in [2.75, 3.05) is 0 Å². The maximum Gasteiger partial charge on any atom is 0.259 e. The molecule has 1 aliphatic carbocycles. The number of rotatable bonds is 9. The summed E-state index contributed by atoms with van der Waals surface area (Å²) in [5.74, 6) is 0. The van der Waals surface area contributed by atoms with Gasteiger partial charge < -0.3 is 8.80 Å². The lowest BCUT2D eigenvalue weighted by atomic mass is 9.79. The van der Waals surface area contributed by atoms with Crippen LogP contribution in [0.5, 0.6) is 0 Å². The van der Waals surface area contributed by atoms with Crippen LogP contribution in [0.25, 0.3) is 82.7 Å². The van der Waals surface area contributed by atoms with Gasteiger partial charge in [-0.2, -0.15) is 0 Å². The second-order valence-electron chi connectivity index (χ2n) is 29.6. The molecule has 504 valence electrons. The van der Waals surface area contributed by atoms with Crippen LogP contribution in [0.1, 0.15) is 25.0 Å².